The molecule has 17 heavy (non-hydrogen) atoms. The first kappa shape index (κ1) is 14.2. The van der Waals surface area contributed by atoms with Gasteiger partial charge in [-0.25, -0.2) is 4.98 Å². The fourth-order valence-corrected chi connectivity index (χ4v) is 2.17. The molecule has 0 saturated carbocycles. The van der Waals surface area contributed by atoms with Crippen LogP contribution >= 0.6 is 0 Å². The molecule has 0 aromatic carbocycles. The molecule has 1 atom stereocenters. The minimum Gasteiger partial charge on any atom is -0.330 e. The summed E-state index contributed by atoms with van der Waals surface area (Å²) in [6.07, 6.45) is 4.16. The van der Waals surface area contributed by atoms with Gasteiger partial charge in [-0.1, -0.05) is 20.8 Å². The van der Waals surface area contributed by atoms with Gasteiger partial charge < -0.3 is 5.73 Å². The highest BCUT2D eigenvalue weighted by molar-refractivity contribution is 4.94. The zero-order valence-corrected chi connectivity index (χ0v) is 11.6. The Morgan fingerprint density at radius 2 is 2.06 bits per heavy atom. The third-order valence-corrected chi connectivity index (χ3v) is 2.98. The predicted molar refractivity (Wildman–Crippen MR) is 70.7 cm³/mol. The zero-order chi connectivity index (χ0) is 12.8. The summed E-state index contributed by atoms with van der Waals surface area (Å²) in [5, 5.41) is 4.43. The van der Waals surface area contributed by atoms with E-state index in [2.05, 4.69) is 30.9 Å². The highest BCUT2D eigenvalue weighted by atomic mass is 15.3. The Labute approximate surface area is 105 Å². The fraction of sp³-hybridized carbons (Fsp3) is 0.846. The van der Waals surface area contributed by atoms with Crippen LogP contribution < -0.4 is 5.73 Å². The van der Waals surface area contributed by atoms with Gasteiger partial charge in [-0.2, -0.15) is 5.10 Å². The summed E-state index contributed by atoms with van der Waals surface area (Å²) in [7, 11) is 1.98. The first-order valence-electron chi connectivity index (χ1n) is 6.65. The summed E-state index contributed by atoms with van der Waals surface area (Å²) < 4.78 is 1.91. The van der Waals surface area contributed by atoms with E-state index in [1.165, 1.54) is 0 Å². The second kappa shape index (κ2) is 6.74. The summed E-state index contributed by atoms with van der Waals surface area (Å²) in [5.41, 5.74) is 5.83. The van der Waals surface area contributed by atoms with Gasteiger partial charge in [0, 0.05) is 19.9 Å². The molecule has 1 aromatic heterocycles. The molecule has 98 valence electrons. The molecule has 1 heterocycles. The van der Waals surface area contributed by atoms with Gasteiger partial charge in [0.25, 0.3) is 0 Å². The molecule has 0 aliphatic heterocycles. The third-order valence-electron chi connectivity index (χ3n) is 2.98. The van der Waals surface area contributed by atoms with Crippen molar-refractivity contribution in [3.63, 3.8) is 0 Å². The van der Waals surface area contributed by atoms with Gasteiger partial charge in [-0.05, 0) is 31.2 Å². The molecule has 0 fully saturated rings. The van der Waals surface area contributed by atoms with Crippen LogP contribution in [0.3, 0.4) is 0 Å². The molecule has 1 rings (SSSR count). The van der Waals surface area contributed by atoms with Crippen molar-refractivity contribution in [2.24, 2.45) is 24.6 Å². The Balaban J connectivity index is 2.65. The Morgan fingerprint density at radius 3 is 2.59 bits per heavy atom. The first-order valence-corrected chi connectivity index (χ1v) is 6.65. The molecule has 0 amide bonds. The van der Waals surface area contributed by atoms with Crippen molar-refractivity contribution in [2.75, 3.05) is 6.54 Å². The number of nitrogens with two attached hydrogens (primary N) is 1. The average Bonchev–Trinajstić information content (AvgIpc) is 2.58. The highest BCUT2D eigenvalue weighted by Gasteiger charge is 2.14. The minimum absolute atomic E-state index is 0.521. The fourth-order valence-electron chi connectivity index (χ4n) is 2.17. The summed E-state index contributed by atoms with van der Waals surface area (Å²) in [4.78, 5) is 4.59. The molecule has 0 radical (unpaired) electrons. The van der Waals surface area contributed by atoms with Gasteiger partial charge in [0.1, 0.15) is 5.82 Å². The molecule has 0 saturated heterocycles. The van der Waals surface area contributed by atoms with E-state index in [9.17, 15) is 0 Å². The van der Waals surface area contributed by atoms with E-state index < -0.39 is 0 Å². The van der Waals surface area contributed by atoms with Crippen molar-refractivity contribution >= 4 is 0 Å². The Hall–Kier alpha value is -0.900. The van der Waals surface area contributed by atoms with Gasteiger partial charge in [-0.3, -0.25) is 4.68 Å². The lowest BCUT2D eigenvalue weighted by Crippen LogP contribution is -2.20. The van der Waals surface area contributed by atoms with Crippen LogP contribution in [-0.4, -0.2) is 21.3 Å². The molecule has 2 N–H and O–H groups in total. The van der Waals surface area contributed by atoms with E-state index in [1.807, 2.05) is 11.7 Å². The molecular weight excluding hydrogens is 212 g/mol. The second-order valence-electron chi connectivity index (χ2n) is 5.25. The lowest BCUT2D eigenvalue weighted by Gasteiger charge is -2.15. The van der Waals surface area contributed by atoms with Crippen LogP contribution in [0.4, 0.5) is 0 Å². The standard InChI is InChI=1S/C13H26N4/c1-5-6-12-15-13(17(4)16-12)8-11(9-14)7-10(2)3/h10-11H,5-9,14H2,1-4H3. The van der Waals surface area contributed by atoms with E-state index in [-0.39, 0.29) is 0 Å². The zero-order valence-electron chi connectivity index (χ0n) is 11.6. The van der Waals surface area contributed by atoms with Gasteiger partial charge in [-0.15, -0.1) is 0 Å². The van der Waals surface area contributed by atoms with Crippen molar-refractivity contribution in [2.45, 2.75) is 46.5 Å². The summed E-state index contributed by atoms with van der Waals surface area (Å²) in [6.45, 7) is 7.36. The molecule has 0 spiro atoms. The smallest absolute Gasteiger partial charge is 0.150 e. The van der Waals surface area contributed by atoms with Crippen LogP contribution in [-0.2, 0) is 19.9 Å². The van der Waals surface area contributed by atoms with E-state index in [1.54, 1.807) is 0 Å². The van der Waals surface area contributed by atoms with E-state index in [0.717, 1.165) is 43.9 Å². The summed E-state index contributed by atoms with van der Waals surface area (Å²) in [5.74, 6) is 3.24. The topological polar surface area (TPSA) is 56.7 Å². The van der Waals surface area contributed by atoms with Crippen LogP contribution in [0.25, 0.3) is 0 Å². The van der Waals surface area contributed by atoms with E-state index in [0.29, 0.717) is 11.8 Å². The lowest BCUT2D eigenvalue weighted by atomic mass is 9.94. The SMILES string of the molecule is CCCc1nc(CC(CN)CC(C)C)n(C)n1. The minimum atomic E-state index is 0.521. The van der Waals surface area contributed by atoms with Crippen molar-refractivity contribution in [3.05, 3.63) is 11.6 Å². The van der Waals surface area contributed by atoms with Gasteiger partial charge in [0.05, 0.1) is 0 Å². The second-order valence-corrected chi connectivity index (χ2v) is 5.25. The summed E-state index contributed by atoms with van der Waals surface area (Å²) in [6, 6.07) is 0. The highest BCUT2D eigenvalue weighted by Crippen LogP contribution is 2.15. The first-order chi connectivity index (χ1) is 8.06. The summed E-state index contributed by atoms with van der Waals surface area (Å²) >= 11 is 0. The quantitative estimate of drug-likeness (QED) is 0.789. The maximum absolute atomic E-state index is 5.83. The Bertz CT molecular complexity index is 330. The normalized spacial score (nSPS) is 13.3. The lowest BCUT2D eigenvalue weighted by molar-refractivity contribution is 0.403. The molecular formula is C13H26N4. The van der Waals surface area contributed by atoms with Crippen molar-refractivity contribution in [1.82, 2.24) is 14.8 Å². The maximum Gasteiger partial charge on any atom is 0.150 e. The molecule has 0 bridgehead atoms. The monoisotopic (exact) mass is 238 g/mol. The number of nitrogens with zero attached hydrogens (tertiary/aromatic N) is 3. The van der Waals surface area contributed by atoms with E-state index in [4.69, 9.17) is 5.73 Å². The Morgan fingerprint density at radius 1 is 1.35 bits per heavy atom. The number of hydrogen-bond acceptors (Lipinski definition) is 3. The number of rotatable bonds is 7. The van der Waals surface area contributed by atoms with Crippen LogP contribution in [0.15, 0.2) is 0 Å². The molecule has 1 aromatic rings. The van der Waals surface area contributed by atoms with Crippen LogP contribution in [0, 0.1) is 11.8 Å². The molecule has 1 unspecified atom stereocenters. The van der Waals surface area contributed by atoms with Crippen LogP contribution in [0.5, 0.6) is 0 Å². The number of aromatic nitrogens is 3. The van der Waals surface area contributed by atoms with Gasteiger partial charge in [0.15, 0.2) is 5.82 Å². The van der Waals surface area contributed by atoms with Crippen LogP contribution in [0.2, 0.25) is 0 Å². The molecule has 0 aliphatic carbocycles. The molecule has 4 heteroatoms. The predicted octanol–water partition coefficient (Wildman–Crippen LogP) is 1.93. The van der Waals surface area contributed by atoms with Gasteiger partial charge in [0.2, 0.25) is 0 Å². The Kier molecular flexibility index (Phi) is 5.62. The van der Waals surface area contributed by atoms with Gasteiger partial charge >= 0.3 is 0 Å². The van der Waals surface area contributed by atoms with E-state index >= 15 is 0 Å². The van der Waals surface area contributed by atoms with Crippen molar-refractivity contribution < 1.29 is 0 Å². The maximum atomic E-state index is 5.83. The van der Waals surface area contributed by atoms with Crippen LogP contribution in [0.1, 0.15) is 45.3 Å². The number of hydrogen-bond donors (Lipinski definition) is 1. The largest absolute Gasteiger partial charge is 0.330 e. The van der Waals surface area contributed by atoms with Crippen molar-refractivity contribution in [3.8, 4) is 0 Å². The van der Waals surface area contributed by atoms with Crippen molar-refractivity contribution in [1.29, 1.82) is 0 Å². The third kappa shape index (κ3) is 4.46. The molecule has 4 nitrogen and oxygen atoms in total. The molecule has 0 aliphatic rings. The number of aryl methyl sites for hydroxylation is 2. The average molecular weight is 238 g/mol.